The van der Waals surface area contributed by atoms with E-state index in [1.807, 2.05) is 54.6 Å². The van der Waals surface area contributed by atoms with E-state index in [9.17, 15) is 9.59 Å². The van der Waals surface area contributed by atoms with Crippen LogP contribution in [0.25, 0.3) is 11.1 Å². The normalized spacial score (nSPS) is 11.9. The zero-order chi connectivity index (χ0) is 15.9. The summed E-state index contributed by atoms with van der Waals surface area (Å²) < 4.78 is 0. The van der Waals surface area contributed by atoms with Gasteiger partial charge in [-0.1, -0.05) is 66.4 Å². The summed E-state index contributed by atoms with van der Waals surface area (Å²) in [5, 5.41) is 8.79. The van der Waals surface area contributed by atoms with Crippen LogP contribution in [0, 0.1) is 0 Å². The number of benzene rings is 2. The third kappa shape index (κ3) is 4.46. The first-order chi connectivity index (χ1) is 10.6. The predicted octanol–water partition coefficient (Wildman–Crippen LogP) is 4.54. The van der Waals surface area contributed by atoms with Gasteiger partial charge in [0.25, 0.3) is 0 Å². The number of carbonyl (C=O) groups excluding carboxylic acids is 1. The summed E-state index contributed by atoms with van der Waals surface area (Å²) in [7, 11) is 0. The average Bonchev–Trinajstić information content (AvgIpc) is 2.52. The molecule has 0 spiro atoms. The highest BCUT2D eigenvalue weighted by Gasteiger charge is 2.19. The monoisotopic (exact) mass is 314 g/mol. The van der Waals surface area contributed by atoms with Crippen molar-refractivity contribution in [2.45, 2.75) is 25.0 Å². The number of hydrogen-bond donors (Lipinski definition) is 1. The fraction of sp³-hybridized carbons (Fsp3) is 0.222. The molecular formula is C18H18O3S. The van der Waals surface area contributed by atoms with Crippen LogP contribution in [0.4, 0.5) is 0 Å². The van der Waals surface area contributed by atoms with E-state index in [4.69, 9.17) is 5.11 Å². The van der Waals surface area contributed by atoms with Gasteiger partial charge < -0.3 is 5.11 Å². The van der Waals surface area contributed by atoms with Crippen LogP contribution >= 0.6 is 11.8 Å². The van der Waals surface area contributed by atoms with Crippen LogP contribution in [0.1, 0.15) is 30.6 Å². The third-order valence-corrected chi connectivity index (χ3v) is 4.43. The van der Waals surface area contributed by atoms with Gasteiger partial charge in [0.1, 0.15) is 0 Å². The summed E-state index contributed by atoms with van der Waals surface area (Å²) in [5.41, 5.74) is 3.13. The molecule has 2 rings (SSSR count). The zero-order valence-electron chi connectivity index (χ0n) is 12.4. The molecule has 1 unspecified atom stereocenters. The summed E-state index contributed by atoms with van der Waals surface area (Å²) in [5.74, 6) is -0.841. The maximum Gasteiger partial charge on any atom is 0.303 e. The number of aliphatic carboxylic acids is 1. The van der Waals surface area contributed by atoms with Gasteiger partial charge in [-0.15, -0.1) is 0 Å². The van der Waals surface area contributed by atoms with E-state index in [2.05, 4.69) is 0 Å². The first-order valence-electron chi connectivity index (χ1n) is 7.11. The molecular weight excluding hydrogens is 296 g/mol. The van der Waals surface area contributed by atoms with Crippen molar-refractivity contribution in [1.29, 1.82) is 0 Å². The lowest BCUT2D eigenvalue weighted by Crippen LogP contribution is -2.04. The lowest BCUT2D eigenvalue weighted by atomic mass is 9.96. The molecule has 1 N–H and O–H groups in total. The molecule has 0 aliphatic carbocycles. The Labute approximate surface area is 134 Å². The van der Waals surface area contributed by atoms with Crippen LogP contribution in [0.5, 0.6) is 0 Å². The second-order valence-corrected chi connectivity index (χ2v) is 6.36. The van der Waals surface area contributed by atoms with E-state index in [1.54, 1.807) is 0 Å². The molecule has 0 aliphatic heterocycles. The van der Waals surface area contributed by atoms with E-state index in [1.165, 1.54) is 18.7 Å². The first kappa shape index (κ1) is 16.3. The van der Waals surface area contributed by atoms with E-state index in [0.717, 1.165) is 16.7 Å². The Kier molecular flexibility index (Phi) is 5.78. The van der Waals surface area contributed by atoms with Crippen molar-refractivity contribution >= 4 is 22.8 Å². The van der Waals surface area contributed by atoms with Gasteiger partial charge in [-0.3, -0.25) is 9.59 Å². The van der Waals surface area contributed by atoms with Gasteiger partial charge in [0.2, 0.25) is 0 Å². The number of carbonyl (C=O) groups is 2. The first-order valence-corrected chi connectivity index (χ1v) is 7.99. The quantitative estimate of drug-likeness (QED) is 0.850. The molecule has 3 nitrogen and oxygen atoms in total. The topological polar surface area (TPSA) is 54.4 Å². The molecule has 0 saturated carbocycles. The number of carboxylic acids is 1. The van der Waals surface area contributed by atoms with Crippen LogP contribution in [0.15, 0.2) is 54.6 Å². The van der Waals surface area contributed by atoms with Crippen molar-refractivity contribution in [2.24, 2.45) is 0 Å². The molecule has 0 amide bonds. The van der Waals surface area contributed by atoms with Crippen molar-refractivity contribution in [1.82, 2.24) is 0 Å². The molecule has 4 heteroatoms. The number of hydrogen-bond acceptors (Lipinski definition) is 3. The van der Waals surface area contributed by atoms with Crippen LogP contribution in [-0.4, -0.2) is 16.2 Å². The van der Waals surface area contributed by atoms with Crippen molar-refractivity contribution < 1.29 is 14.7 Å². The molecule has 2 aromatic carbocycles. The Bertz CT molecular complexity index is 652. The predicted molar refractivity (Wildman–Crippen MR) is 89.8 cm³/mol. The van der Waals surface area contributed by atoms with Crippen molar-refractivity contribution in [3.8, 4) is 11.1 Å². The molecule has 22 heavy (non-hydrogen) atoms. The van der Waals surface area contributed by atoms with Gasteiger partial charge in [-0.2, -0.15) is 0 Å². The Morgan fingerprint density at radius 3 is 2.32 bits per heavy atom. The molecule has 0 heterocycles. The summed E-state index contributed by atoms with van der Waals surface area (Å²) in [4.78, 5) is 22.4. The summed E-state index contributed by atoms with van der Waals surface area (Å²) in [6.45, 7) is 1.52. The van der Waals surface area contributed by atoms with E-state index in [0.29, 0.717) is 6.42 Å². The largest absolute Gasteiger partial charge is 0.481 e. The lowest BCUT2D eigenvalue weighted by Gasteiger charge is -2.18. The third-order valence-electron chi connectivity index (χ3n) is 3.32. The van der Waals surface area contributed by atoms with Crippen LogP contribution in [0.3, 0.4) is 0 Å². The molecule has 0 aromatic heterocycles. The molecule has 114 valence electrons. The van der Waals surface area contributed by atoms with Crippen molar-refractivity contribution in [2.75, 3.05) is 0 Å². The standard InChI is InChI=1S/C18H18O3S/c1-13(19)22-17(11-12-18(20)21)16-10-6-5-9-15(16)14-7-3-2-4-8-14/h2-10,17H,11-12H2,1H3,(H,20,21). The zero-order valence-corrected chi connectivity index (χ0v) is 13.2. The van der Waals surface area contributed by atoms with Gasteiger partial charge in [-0.05, 0) is 23.1 Å². The van der Waals surface area contributed by atoms with Crippen LogP contribution < -0.4 is 0 Å². The maximum atomic E-state index is 11.5. The Morgan fingerprint density at radius 2 is 1.68 bits per heavy atom. The highest BCUT2D eigenvalue weighted by atomic mass is 32.2. The fourth-order valence-corrected chi connectivity index (χ4v) is 3.36. The minimum absolute atomic E-state index is 0.00162. The van der Waals surface area contributed by atoms with Crippen molar-refractivity contribution in [3.63, 3.8) is 0 Å². The summed E-state index contributed by atoms with van der Waals surface area (Å²) in [6.07, 6.45) is 0.484. The number of rotatable bonds is 6. The van der Waals surface area contributed by atoms with Gasteiger partial charge in [-0.25, -0.2) is 0 Å². The molecule has 1 atom stereocenters. The molecule has 0 saturated heterocycles. The minimum atomic E-state index is -0.841. The summed E-state index contributed by atoms with van der Waals surface area (Å²) >= 11 is 1.20. The minimum Gasteiger partial charge on any atom is -0.481 e. The van der Waals surface area contributed by atoms with Crippen LogP contribution in [-0.2, 0) is 9.59 Å². The van der Waals surface area contributed by atoms with Gasteiger partial charge in [0, 0.05) is 18.6 Å². The molecule has 0 aliphatic rings. The Morgan fingerprint density at radius 1 is 1.05 bits per heavy atom. The lowest BCUT2D eigenvalue weighted by molar-refractivity contribution is -0.137. The highest BCUT2D eigenvalue weighted by Crippen LogP contribution is 2.39. The SMILES string of the molecule is CC(=O)SC(CCC(=O)O)c1ccccc1-c1ccccc1. The highest BCUT2D eigenvalue weighted by molar-refractivity contribution is 8.13. The average molecular weight is 314 g/mol. The van der Waals surface area contributed by atoms with Gasteiger partial charge in [0.05, 0.1) is 0 Å². The smallest absolute Gasteiger partial charge is 0.303 e. The van der Waals surface area contributed by atoms with E-state index >= 15 is 0 Å². The van der Waals surface area contributed by atoms with Crippen molar-refractivity contribution in [3.05, 3.63) is 60.2 Å². The molecule has 0 radical (unpaired) electrons. The van der Waals surface area contributed by atoms with Gasteiger partial charge in [0.15, 0.2) is 5.12 Å². The van der Waals surface area contributed by atoms with E-state index in [-0.39, 0.29) is 16.8 Å². The fourth-order valence-electron chi connectivity index (χ4n) is 2.39. The Balaban J connectivity index is 2.38. The Hall–Kier alpha value is -2.07. The second kappa shape index (κ2) is 7.80. The molecule has 0 fully saturated rings. The summed E-state index contributed by atoms with van der Waals surface area (Å²) in [6, 6.07) is 17.8. The number of carboxylic acid groups (broad SMARTS) is 1. The second-order valence-electron chi connectivity index (χ2n) is 4.98. The van der Waals surface area contributed by atoms with Gasteiger partial charge >= 0.3 is 5.97 Å². The maximum absolute atomic E-state index is 11.5. The van der Waals surface area contributed by atoms with E-state index < -0.39 is 5.97 Å². The number of thioether (sulfide) groups is 1. The molecule has 0 bridgehead atoms. The van der Waals surface area contributed by atoms with Crippen LogP contribution in [0.2, 0.25) is 0 Å². The molecule has 2 aromatic rings.